The van der Waals surface area contributed by atoms with Crippen LogP contribution in [0.4, 0.5) is 0 Å². The molecule has 23 heavy (non-hydrogen) atoms. The van der Waals surface area contributed by atoms with Gasteiger partial charge in [-0.2, -0.15) is 0 Å². The number of ether oxygens (including phenoxy) is 1. The first kappa shape index (κ1) is 15.8. The molecule has 0 unspecified atom stereocenters. The first-order valence-electron chi connectivity index (χ1n) is 7.61. The highest BCUT2D eigenvalue weighted by Crippen LogP contribution is 2.26. The molecule has 4 heteroatoms. The number of hydrogen-bond acceptors (Lipinski definition) is 3. The van der Waals surface area contributed by atoms with Crippen molar-refractivity contribution in [1.82, 2.24) is 0 Å². The highest BCUT2D eigenvalue weighted by atomic mass is 79.9. The van der Waals surface area contributed by atoms with Crippen LogP contribution in [0.1, 0.15) is 24.5 Å². The predicted molar refractivity (Wildman–Crippen MR) is 95.0 cm³/mol. The molecule has 1 aromatic heterocycles. The molecule has 0 atom stereocenters. The van der Waals surface area contributed by atoms with Crippen LogP contribution in [0.2, 0.25) is 0 Å². The fourth-order valence-electron chi connectivity index (χ4n) is 2.49. The molecule has 3 rings (SSSR count). The Labute approximate surface area is 143 Å². The quantitative estimate of drug-likeness (QED) is 0.626. The van der Waals surface area contributed by atoms with Gasteiger partial charge >= 0.3 is 0 Å². The van der Waals surface area contributed by atoms with E-state index in [1.165, 1.54) is 0 Å². The lowest BCUT2D eigenvalue weighted by Crippen LogP contribution is -2.12. The number of fused-ring (bicyclic) bond motifs is 1. The molecular formula is C19H17BrO3. The van der Waals surface area contributed by atoms with E-state index in [1.807, 2.05) is 43.3 Å². The molecule has 0 aliphatic carbocycles. The van der Waals surface area contributed by atoms with Crippen LogP contribution in [0.3, 0.4) is 0 Å². The molecule has 2 aromatic carbocycles. The predicted octanol–water partition coefficient (Wildman–Crippen LogP) is 5.09. The van der Waals surface area contributed by atoms with Crippen molar-refractivity contribution in [3.63, 3.8) is 0 Å². The zero-order valence-electron chi connectivity index (χ0n) is 12.8. The summed E-state index contributed by atoms with van der Waals surface area (Å²) in [4.78, 5) is 12.7. The van der Waals surface area contributed by atoms with Crippen LogP contribution in [-0.2, 0) is 13.0 Å². The summed E-state index contributed by atoms with van der Waals surface area (Å²) in [5.41, 5.74) is 2.17. The second-order valence-corrected chi connectivity index (χ2v) is 6.28. The number of hydrogen-bond donors (Lipinski definition) is 0. The van der Waals surface area contributed by atoms with Crippen molar-refractivity contribution < 1.29 is 9.15 Å². The Hall–Kier alpha value is -2.07. The van der Waals surface area contributed by atoms with Crippen molar-refractivity contribution in [2.45, 2.75) is 26.4 Å². The fraction of sp³-hybridized carbons (Fsp3) is 0.211. The molecule has 0 saturated carbocycles. The highest BCUT2D eigenvalue weighted by Gasteiger charge is 2.15. The van der Waals surface area contributed by atoms with E-state index >= 15 is 0 Å². The van der Waals surface area contributed by atoms with Crippen molar-refractivity contribution in [1.29, 1.82) is 0 Å². The van der Waals surface area contributed by atoms with Crippen LogP contribution in [-0.4, -0.2) is 0 Å². The van der Waals surface area contributed by atoms with E-state index in [1.54, 1.807) is 12.1 Å². The minimum absolute atomic E-state index is 0.0162. The highest BCUT2D eigenvalue weighted by molar-refractivity contribution is 9.10. The summed E-state index contributed by atoms with van der Waals surface area (Å²) in [6.45, 7) is 2.41. The van der Waals surface area contributed by atoms with Crippen LogP contribution in [0.15, 0.2) is 62.2 Å². The number of benzene rings is 2. The SMILES string of the molecule is CCCc1c(OCc2ccccc2)oc2ccc(Br)cc2c1=O. The van der Waals surface area contributed by atoms with Crippen LogP contribution in [0.25, 0.3) is 11.0 Å². The van der Waals surface area contributed by atoms with Crippen LogP contribution in [0, 0.1) is 0 Å². The lowest BCUT2D eigenvalue weighted by molar-refractivity contribution is 0.231. The Balaban J connectivity index is 2.02. The molecule has 0 bridgehead atoms. The van der Waals surface area contributed by atoms with Crippen molar-refractivity contribution in [3.8, 4) is 5.95 Å². The van der Waals surface area contributed by atoms with Gasteiger partial charge in [0.25, 0.3) is 5.95 Å². The summed E-state index contributed by atoms with van der Waals surface area (Å²) < 4.78 is 12.5. The zero-order chi connectivity index (χ0) is 16.2. The molecule has 1 heterocycles. The molecule has 3 aromatic rings. The summed E-state index contributed by atoms with van der Waals surface area (Å²) in [6, 6.07) is 15.3. The first-order chi connectivity index (χ1) is 11.2. The van der Waals surface area contributed by atoms with Gasteiger partial charge in [-0.3, -0.25) is 4.79 Å². The van der Waals surface area contributed by atoms with E-state index in [0.29, 0.717) is 35.5 Å². The normalized spacial score (nSPS) is 10.9. The molecule has 118 valence electrons. The van der Waals surface area contributed by atoms with E-state index in [0.717, 1.165) is 16.5 Å². The molecular weight excluding hydrogens is 356 g/mol. The second kappa shape index (κ2) is 7.01. The van der Waals surface area contributed by atoms with Crippen molar-refractivity contribution in [3.05, 3.63) is 74.4 Å². The van der Waals surface area contributed by atoms with E-state index in [4.69, 9.17) is 9.15 Å². The molecule has 0 spiro atoms. The maximum absolute atomic E-state index is 12.7. The average Bonchev–Trinajstić information content (AvgIpc) is 2.57. The van der Waals surface area contributed by atoms with E-state index in [-0.39, 0.29) is 5.43 Å². The molecule has 0 saturated heterocycles. The van der Waals surface area contributed by atoms with Gasteiger partial charge in [-0.05, 0) is 30.2 Å². The molecule has 0 aliphatic heterocycles. The summed E-state index contributed by atoms with van der Waals surface area (Å²) in [5.74, 6) is 0.329. The third-order valence-corrected chi connectivity index (χ3v) is 4.12. The third-order valence-electron chi connectivity index (χ3n) is 3.62. The first-order valence-corrected chi connectivity index (χ1v) is 8.40. The summed E-state index contributed by atoms with van der Waals surface area (Å²) in [6.07, 6.45) is 1.49. The topological polar surface area (TPSA) is 39.4 Å². The van der Waals surface area contributed by atoms with E-state index < -0.39 is 0 Å². The van der Waals surface area contributed by atoms with Gasteiger partial charge in [-0.25, -0.2) is 0 Å². The maximum Gasteiger partial charge on any atom is 0.292 e. The van der Waals surface area contributed by atoms with E-state index in [2.05, 4.69) is 15.9 Å². The molecule has 3 nitrogen and oxygen atoms in total. The maximum atomic E-state index is 12.7. The summed E-state index contributed by atoms with van der Waals surface area (Å²) in [7, 11) is 0. The minimum Gasteiger partial charge on any atom is -0.460 e. The zero-order valence-corrected chi connectivity index (χ0v) is 14.4. The summed E-state index contributed by atoms with van der Waals surface area (Å²) >= 11 is 3.40. The van der Waals surface area contributed by atoms with Gasteiger partial charge in [0, 0.05) is 4.47 Å². The Morgan fingerprint density at radius 3 is 2.65 bits per heavy atom. The molecule has 0 amide bonds. The van der Waals surface area contributed by atoms with Gasteiger partial charge < -0.3 is 9.15 Å². The van der Waals surface area contributed by atoms with Crippen LogP contribution in [0.5, 0.6) is 5.95 Å². The van der Waals surface area contributed by atoms with Gasteiger partial charge in [0.05, 0.1) is 10.9 Å². The Morgan fingerprint density at radius 2 is 1.91 bits per heavy atom. The molecule has 0 fully saturated rings. The Bertz CT molecular complexity index is 869. The lowest BCUT2D eigenvalue weighted by atomic mass is 10.1. The van der Waals surface area contributed by atoms with Crippen molar-refractivity contribution in [2.24, 2.45) is 0 Å². The number of rotatable bonds is 5. The van der Waals surface area contributed by atoms with Gasteiger partial charge in [-0.1, -0.05) is 59.6 Å². The Kier molecular flexibility index (Phi) is 4.82. The lowest BCUT2D eigenvalue weighted by Gasteiger charge is -2.11. The monoisotopic (exact) mass is 372 g/mol. The third kappa shape index (κ3) is 3.48. The Morgan fingerprint density at radius 1 is 1.13 bits per heavy atom. The standard InChI is InChI=1S/C19H17BrO3/c1-2-6-15-18(21)16-11-14(20)9-10-17(16)23-19(15)22-12-13-7-4-3-5-8-13/h3-5,7-11H,2,6,12H2,1H3. The largest absolute Gasteiger partial charge is 0.460 e. The van der Waals surface area contributed by atoms with Gasteiger partial charge in [0.2, 0.25) is 0 Å². The smallest absolute Gasteiger partial charge is 0.292 e. The molecule has 0 N–H and O–H groups in total. The fourth-order valence-corrected chi connectivity index (χ4v) is 2.85. The second-order valence-electron chi connectivity index (χ2n) is 5.36. The van der Waals surface area contributed by atoms with Crippen molar-refractivity contribution >= 4 is 26.9 Å². The van der Waals surface area contributed by atoms with Crippen LogP contribution >= 0.6 is 15.9 Å². The van der Waals surface area contributed by atoms with Gasteiger partial charge in [-0.15, -0.1) is 0 Å². The molecule has 0 aliphatic rings. The minimum atomic E-state index is -0.0162. The average molecular weight is 373 g/mol. The number of halogens is 1. The van der Waals surface area contributed by atoms with Gasteiger partial charge in [0.15, 0.2) is 5.43 Å². The van der Waals surface area contributed by atoms with Crippen LogP contribution < -0.4 is 10.2 Å². The summed E-state index contributed by atoms with van der Waals surface area (Å²) in [5, 5.41) is 0.579. The van der Waals surface area contributed by atoms with Crippen molar-refractivity contribution in [2.75, 3.05) is 0 Å². The van der Waals surface area contributed by atoms with E-state index in [9.17, 15) is 4.79 Å². The molecule has 0 radical (unpaired) electrons. The van der Waals surface area contributed by atoms with Gasteiger partial charge in [0.1, 0.15) is 12.2 Å².